The molecule has 9 heteroatoms. The van der Waals surface area contributed by atoms with Crippen molar-refractivity contribution in [3.8, 4) is 0 Å². The predicted octanol–water partition coefficient (Wildman–Crippen LogP) is 1.71. The molecule has 1 aromatic carbocycles. The molecule has 0 radical (unpaired) electrons. The summed E-state index contributed by atoms with van der Waals surface area (Å²) in [7, 11) is 1.95. The first-order valence-electron chi connectivity index (χ1n) is 8.60. The molecular weight excluding hydrogens is 461 g/mol. The van der Waals surface area contributed by atoms with E-state index in [1.54, 1.807) is 17.8 Å². The number of halogens is 1. The van der Waals surface area contributed by atoms with Gasteiger partial charge in [0.05, 0.1) is 12.4 Å². The molecule has 1 aliphatic heterocycles. The minimum Gasteiger partial charge on any atom is -0.388 e. The lowest BCUT2D eigenvalue weighted by Crippen LogP contribution is -2.30. The number of aliphatic hydroxyl groups excluding tert-OH is 2. The van der Waals surface area contributed by atoms with Gasteiger partial charge in [-0.1, -0.05) is 12.1 Å². The zero-order chi connectivity index (χ0) is 19.1. The highest BCUT2D eigenvalue weighted by atomic mass is 127. The molecule has 3 heterocycles. The van der Waals surface area contributed by atoms with Crippen LogP contribution in [0.15, 0.2) is 36.9 Å². The monoisotopic (exact) mass is 481 g/mol. The summed E-state index contributed by atoms with van der Waals surface area (Å²) in [4.78, 5) is 15.2. The fourth-order valence-corrected chi connectivity index (χ4v) is 3.95. The van der Waals surface area contributed by atoms with Crippen molar-refractivity contribution in [2.75, 3.05) is 11.9 Å². The van der Waals surface area contributed by atoms with Crippen LogP contribution in [0.3, 0.4) is 0 Å². The lowest BCUT2D eigenvalue weighted by atomic mass is 10.1. The number of anilines is 1. The molecule has 0 saturated carbocycles. The highest BCUT2D eigenvalue weighted by Crippen LogP contribution is 2.32. The average molecular weight is 481 g/mol. The van der Waals surface area contributed by atoms with Gasteiger partial charge in [-0.25, -0.2) is 15.0 Å². The van der Waals surface area contributed by atoms with E-state index in [9.17, 15) is 10.2 Å². The second kappa shape index (κ2) is 7.30. The topological polar surface area (TPSA) is 96.5 Å². The van der Waals surface area contributed by atoms with Crippen molar-refractivity contribution in [2.45, 2.75) is 38.0 Å². The third kappa shape index (κ3) is 3.40. The summed E-state index contributed by atoms with van der Waals surface area (Å²) in [5.41, 5.74) is 2.34. The van der Waals surface area contributed by atoms with Crippen LogP contribution in [0.5, 0.6) is 0 Å². The molecule has 1 aliphatic rings. The minimum absolute atomic E-state index is 0.466. The molecule has 0 bridgehead atoms. The molecule has 4 atom stereocenters. The van der Waals surface area contributed by atoms with E-state index in [0.717, 1.165) is 0 Å². The van der Waals surface area contributed by atoms with Gasteiger partial charge in [-0.05, 0) is 47.2 Å². The molecule has 0 spiro atoms. The van der Waals surface area contributed by atoms with E-state index in [0.29, 0.717) is 23.5 Å². The van der Waals surface area contributed by atoms with Crippen molar-refractivity contribution in [2.24, 2.45) is 0 Å². The van der Waals surface area contributed by atoms with Crippen LogP contribution in [-0.2, 0) is 11.3 Å². The number of rotatable bonds is 4. The summed E-state index contributed by atoms with van der Waals surface area (Å²) in [6.07, 6.45) is -0.143. The maximum Gasteiger partial charge on any atom is 0.167 e. The van der Waals surface area contributed by atoms with Crippen LogP contribution >= 0.6 is 22.6 Å². The molecule has 1 fully saturated rings. The number of aliphatic hydroxyl groups is 2. The first-order chi connectivity index (χ1) is 13.0. The molecule has 1 saturated heterocycles. The summed E-state index contributed by atoms with van der Waals surface area (Å²) in [6, 6.07) is 8.28. The van der Waals surface area contributed by atoms with E-state index in [2.05, 4.69) is 55.7 Å². The van der Waals surface area contributed by atoms with Gasteiger partial charge in [0.2, 0.25) is 0 Å². The van der Waals surface area contributed by atoms with Crippen LogP contribution in [0, 0.1) is 3.57 Å². The first-order valence-corrected chi connectivity index (χ1v) is 9.68. The maximum atomic E-state index is 10.3. The Labute approximate surface area is 170 Å². The molecular formula is C18H20IN5O3. The highest BCUT2D eigenvalue weighted by Gasteiger charge is 2.42. The summed E-state index contributed by atoms with van der Waals surface area (Å²) >= 11 is 2.29. The van der Waals surface area contributed by atoms with E-state index in [1.807, 2.05) is 18.0 Å². The van der Waals surface area contributed by atoms with Crippen molar-refractivity contribution in [3.63, 3.8) is 0 Å². The van der Waals surface area contributed by atoms with Gasteiger partial charge in [-0.3, -0.25) is 4.57 Å². The normalized spacial score (nSPS) is 25.2. The molecule has 3 aromatic rings. The number of fused-ring (bicyclic) bond motifs is 1. The smallest absolute Gasteiger partial charge is 0.167 e. The predicted molar refractivity (Wildman–Crippen MR) is 108 cm³/mol. The van der Waals surface area contributed by atoms with Gasteiger partial charge >= 0.3 is 0 Å². The molecule has 0 aliphatic carbocycles. The summed E-state index contributed by atoms with van der Waals surface area (Å²) in [5.74, 6) is 0.693. The van der Waals surface area contributed by atoms with Crippen molar-refractivity contribution in [1.29, 1.82) is 0 Å². The van der Waals surface area contributed by atoms with E-state index in [-0.39, 0.29) is 0 Å². The summed E-state index contributed by atoms with van der Waals surface area (Å²) in [6.45, 7) is 2.40. The van der Waals surface area contributed by atoms with Gasteiger partial charge in [-0.2, -0.15) is 0 Å². The summed E-state index contributed by atoms with van der Waals surface area (Å²) < 4.78 is 8.52. The average Bonchev–Trinajstić information content (AvgIpc) is 3.18. The lowest BCUT2D eigenvalue weighted by Gasteiger charge is -2.19. The Morgan fingerprint density at radius 1 is 1.22 bits per heavy atom. The number of hydrogen-bond donors (Lipinski definition) is 2. The fourth-order valence-electron chi connectivity index (χ4n) is 3.35. The lowest BCUT2D eigenvalue weighted by molar-refractivity contribution is -0.0299. The zero-order valence-corrected chi connectivity index (χ0v) is 17.1. The van der Waals surface area contributed by atoms with Crippen LogP contribution in [0.4, 0.5) is 5.82 Å². The van der Waals surface area contributed by atoms with Gasteiger partial charge in [0, 0.05) is 17.2 Å². The van der Waals surface area contributed by atoms with E-state index < -0.39 is 24.5 Å². The molecule has 8 nitrogen and oxygen atoms in total. The quantitative estimate of drug-likeness (QED) is 0.548. The Bertz CT molecular complexity index is 965. The molecule has 2 N–H and O–H groups in total. The SMILES string of the molecule is C[C@H]1O[C@@H](n2cnc3c(N(C)Cc4cccc(I)c4)ncnc32)[C@H](O)[C@@H]1O. The zero-order valence-electron chi connectivity index (χ0n) is 14.9. The van der Waals surface area contributed by atoms with Gasteiger partial charge in [0.1, 0.15) is 18.5 Å². The molecule has 0 amide bonds. The number of imidazole rings is 1. The Morgan fingerprint density at radius 3 is 2.74 bits per heavy atom. The second-order valence-corrected chi connectivity index (χ2v) is 7.97. The van der Waals surface area contributed by atoms with Crippen molar-refractivity contribution >= 4 is 39.6 Å². The standard InChI is InChI=1S/C18H20IN5O3/c1-10-14(25)15(26)18(27-10)24-9-22-13-16(20-8-21-17(13)24)23(2)7-11-4-3-5-12(19)6-11/h3-6,8-10,14-15,18,25-26H,7H2,1-2H3/t10-,14-,15-,18-/m1/s1. The second-order valence-electron chi connectivity index (χ2n) is 6.72. The molecule has 27 heavy (non-hydrogen) atoms. The van der Waals surface area contributed by atoms with Crippen LogP contribution in [0.1, 0.15) is 18.7 Å². The van der Waals surface area contributed by atoms with Crippen molar-refractivity contribution in [3.05, 3.63) is 46.1 Å². The molecule has 4 rings (SSSR count). The Hall–Kier alpha value is -1.82. The van der Waals surface area contributed by atoms with Gasteiger partial charge < -0.3 is 19.8 Å². The molecule has 142 valence electrons. The number of nitrogens with zero attached hydrogens (tertiary/aromatic N) is 5. The van der Waals surface area contributed by atoms with Gasteiger partial charge in [-0.15, -0.1) is 0 Å². The molecule has 0 unspecified atom stereocenters. The third-order valence-corrected chi connectivity index (χ3v) is 5.43. The van der Waals surface area contributed by atoms with E-state index >= 15 is 0 Å². The molecule has 2 aromatic heterocycles. The number of benzene rings is 1. The number of hydrogen-bond acceptors (Lipinski definition) is 7. The van der Waals surface area contributed by atoms with Gasteiger partial charge in [0.25, 0.3) is 0 Å². The van der Waals surface area contributed by atoms with Crippen LogP contribution in [-0.4, -0.2) is 55.1 Å². The number of ether oxygens (including phenoxy) is 1. The van der Waals surface area contributed by atoms with E-state index in [1.165, 1.54) is 15.5 Å². The van der Waals surface area contributed by atoms with Crippen LogP contribution < -0.4 is 4.90 Å². The van der Waals surface area contributed by atoms with Crippen molar-refractivity contribution in [1.82, 2.24) is 19.5 Å². The van der Waals surface area contributed by atoms with Crippen molar-refractivity contribution < 1.29 is 14.9 Å². The third-order valence-electron chi connectivity index (χ3n) is 4.76. The highest BCUT2D eigenvalue weighted by molar-refractivity contribution is 14.1. The van der Waals surface area contributed by atoms with Crippen LogP contribution in [0.2, 0.25) is 0 Å². The number of aromatic nitrogens is 4. The Balaban J connectivity index is 1.66. The van der Waals surface area contributed by atoms with Crippen LogP contribution in [0.25, 0.3) is 11.2 Å². The first kappa shape index (κ1) is 18.5. The maximum absolute atomic E-state index is 10.3. The Kier molecular flexibility index (Phi) is 5.01. The van der Waals surface area contributed by atoms with E-state index in [4.69, 9.17) is 4.74 Å². The Morgan fingerprint density at radius 2 is 2.04 bits per heavy atom. The largest absolute Gasteiger partial charge is 0.388 e. The minimum atomic E-state index is -1.04. The fraction of sp³-hybridized carbons (Fsp3) is 0.389. The van der Waals surface area contributed by atoms with Gasteiger partial charge in [0.15, 0.2) is 23.2 Å². The summed E-state index contributed by atoms with van der Waals surface area (Å²) in [5, 5.41) is 20.3.